The van der Waals surface area contributed by atoms with Gasteiger partial charge in [0.15, 0.2) is 0 Å². The zero-order valence-corrected chi connectivity index (χ0v) is 9.88. The fourth-order valence-electron chi connectivity index (χ4n) is 2.32. The van der Waals surface area contributed by atoms with E-state index in [1.54, 1.807) is 0 Å². The summed E-state index contributed by atoms with van der Waals surface area (Å²) < 4.78 is 0. The van der Waals surface area contributed by atoms with Crippen LogP contribution in [0.3, 0.4) is 0 Å². The molecule has 0 amide bonds. The first-order valence-electron chi connectivity index (χ1n) is 5.65. The second-order valence-corrected chi connectivity index (χ2v) is 5.95. The fraction of sp³-hybridized carbons (Fsp3) is 1.00. The Kier molecular flexibility index (Phi) is 2.58. The monoisotopic (exact) mass is 197 g/mol. The lowest BCUT2D eigenvalue weighted by Crippen LogP contribution is -2.59. The molecule has 2 rings (SSSR count). The Bertz CT molecular complexity index is 203. The minimum Gasteiger partial charge on any atom is -0.303 e. The van der Waals surface area contributed by atoms with Crippen molar-refractivity contribution in [1.82, 2.24) is 15.3 Å². The van der Waals surface area contributed by atoms with E-state index in [0.717, 1.165) is 18.5 Å². The van der Waals surface area contributed by atoms with E-state index < -0.39 is 0 Å². The first-order chi connectivity index (χ1) is 6.47. The van der Waals surface area contributed by atoms with Gasteiger partial charge >= 0.3 is 0 Å². The molecule has 2 aliphatic rings. The molecule has 2 aliphatic heterocycles. The number of nitrogens with one attached hydrogen (secondary N) is 1. The van der Waals surface area contributed by atoms with Crippen molar-refractivity contribution in [2.75, 3.05) is 33.2 Å². The minimum absolute atomic E-state index is 0.442. The van der Waals surface area contributed by atoms with Crippen molar-refractivity contribution in [3.05, 3.63) is 0 Å². The summed E-state index contributed by atoms with van der Waals surface area (Å²) in [6.45, 7) is 11.9. The molecule has 1 unspecified atom stereocenters. The molecule has 14 heavy (non-hydrogen) atoms. The number of nitrogens with zero attached hydrogens (tertiary/aromatic N) is 2. The second-order valence-electron chi connectivity index (χ2n) is 5.95. The van der Waals surface area contributed by atoms with E-state index in [1.165, 1.54) is 19.6 Å². The van der Waals surface area contributed by atoms with E-state index >= 15 is 0 Å². The SMILES string of the molecule is CN1CC(N2CC(C(C)(C)C)CN2)C1. The summed E-state index contributed by atoms with van der Waals surface area (Å²) >= 11 is 0. The summed E-state index contributed by atoms with van der Waals surface area (Å²) in [7, 11) is 2.19. The third kappa shape index (κ3) is 1.95. The van der Waals surface area contributed by atoms with Gasteiger partial charge in [-0.05, 0) is 18.4 Å². The predicted octanol–water partition coefficient (Wildman–Crippen LogP) is 0.783. The van der Waals surface area contributed by atoms with Gasteiger partial charge in [0, 0.05) is 32.2 Å². The maximum Gasteiger partial charge on any atom is 0.0497 e. The molecule has 2 saturated heterocycles. The van der Waals surface area contributed by atoms with Gasteiger partial charge in [0.2, 0.25) is 0 Å². The molecule has 0 bridgehead atoms. The average molecular weight is 197 g/mol. The van der Waals surface area contributed by atoms with Gasteiger partial charge in [-0.15, -0.1) is 0 Å². The van der Waals surface area contributed by atoms with Crippen molar-refractivity contribution >= 4 is 0 Å². The molecule has 2 heterocycles. The topological polar surface area (TPSA) is 18.5 Å². The van der Waals surface area contributed by atoms with Crippen LogP contribution in [0.2, 0.25) is 0 Å². The van der Waals surface area contributed by atoms with Crippen LogP contribution in [0, 0.1) is 11.3 Å². The number of hydrazine groups is 1. The summed E-state index contributed by atoms with van der Waals surface area (Å²) in [5.41, 5.74) is 3.98. The highest BCUT2D eigenvalue weighted by atomic mass is 15.6. The maximum atomic E-state index is 3.54. The zero-order valence-electron chi connectivity index (χ0n) is 9.88. The molecule has 82 valence electrons. The molecule has 0 radical (unpaired) electrons. The fourth-order valence-corrected chi connectivity index (χ4v) is 2.32. The van der Waals surface area contributed by atoms with Crippen molar-refractivity contribution < 1.29 is 0 Å². The van der Waals surface area contributed by atoms with E-state index in [9.17, 15) is 0 Å². The number of hydrogen-bond acceptors (Lipinski definition) is 3. The van der Waals surface area contributed by atoms with Crippen LogP contribution in [-0.4, -0.2) is 49.2 Å². The van der Waals surface area contributed by atoms with E-state index in [2.05, 4.69) is 43.2 Å². The largest absolute Gasteiger partial charge is 0.303 e. The highest BCUT2D eigenvalue weighted by Gasteiger charge is 2.37. The lowest BCUT2D eigenvalue weighted by atomic mass is 9.81. The van der Waals surface area contributed by atoms with Crippen LogP contribution in [0.25, 0.3) is 0 Å². The van der Waals surface area contributed by atoms with E-state index in [0.29, 0.717) is 5.41 Å². The van der Waals surface area contributed by atoms with Crippen molar-refractivity contribution in [3.8, 4) is 0 Å². The number of rotatable bonds is 1. The molecular formula is C11H23N3. The molecule has 0 aliphatic carbocycles. The molecule has 0 aromatic heterocycles. The zero-order chi connectivity index (χ0) is 10.3. The lowest BCUT2D eigenvalue weighted by molar-refractivity contribution is 0.0348. The second kappa shape index (κ2) is 3.47. The molecule has 1 N–H and O–H groups in total. The third-order valence-electron chi connectivity index (χ3n) is 3.67. The van der Waals surface area contributed by atoms with Gasteiger partial charge in [-0.2, -0.15) is 0 Å². The molecule has 3 nitrogen and oxygen atoms in total. The predicted molar refractivity (Wildman–Crippen MR) is 58.9 cm³/mol. The molecule has 0 aromatic carbocycles. The van der Waals surface area contributed by atoms with Crippen LogP contribution in [0.5, 0.6) is 0 Å². The Hall–Kier alpha value is -0.120. The quantitative estimate of drug-likeness (QED) is 0.670. The van der Waals surface area contributed by atoms with Gasteiger partial charge < -0.3 is 4.90 Å². The van der Waals surface area contributed by atoms with Gasteiger partial charge in [0.05, 0.1) is 0 Å². The standard InChI is InChI=1S/C11H23N3/c1-11(2,3)9-5-12-14(6-9)10-7-13(4)8-10/h9-10,12H,5-8H2,1-4H3. The van der Waals surface area contributed by atoms with Gasteiger partial charge in [0.25, 0.3) is 0 Å². The van der Waals surface area contributed by atoms with Crippen LogP contribution in [0.1, 0.15) is 20.8 Å². The Morgan fingerprint density at radius 2 is 1.79 bits per heavy atom. The Labute approximate surface area is 87.4 Å². The van der Waals surface area contributed by atoms with Crippen LogP contribution < -0.4 is 5.43 Å². The highest BCUT2D eigenvalue weighted by molar-refractivity contribution is 4.91. The molecular weight excluding hydrogens is 174 g/mol. The van der Waals surface area contributed by atoms with Crippen molar-refractivity contribution in [2.45, 2.75) is 26.8 Å². The van der Waals surface area contributed by atoms with Crippen LogP contribution in [0.4, 0.5) is 0 Å². The summed E-state index contributed by atoms with van der Waals surface area (Å²) in [6, 6.07) is 0.757. The summed E-state index contributed by atoms with van der Waals surface area (Å²) in [5, 5.41) is 2.45. The first-order valence-corrected chi connectivity index (χ1v) is 5.65. The summed E-state index contributed by atoms with van der Waals surface area (Å²) in [6.07, 6.45) is 0. The highest BCUT2D eigenvalue weighted by Crippen LogP contribution is 2.30. The van der Waals surface area contributed by atoms with Gasteiger partial charge in [-0.3, -0.25) is 5.43 Å². The van der Waals surface area contributed by atoms with E-state index in [1.807, 2.05) is 0 Å². The molecule has 3 heteroatoms. The normalized spacial score (nSPS) is 32.1. The Morgan fingerprint density at radius 1 is 1.14 bits per heavy atom. The van der Waals surface area contributed by atoms with Crippen LogP contribution in [-0.2, 0) is 0 Å². The van der Waals surface area contributed by atoms with Gasteiger partial charge in [-0.25, -0.2) is 5.01 Å². The molecule has 0 saturated carbocycles. The average Bonchev–Trinajstić information content (AvgIpc) is 2.45. The third-order valence-corrected chi connectivity index (χ3v) is 3.67. The smallest absolute Gasteiger partial charge is 0.0497 e. The van der Waals surface area contributed by atoms with Crippen LogP contribution in [0.15, 0.2) is 0 Å². The van der Waals surface area contributed by atoms with Crippen molar-refractivity contribution in [1.29, 1.82) is 0 Å². The van der Waals surface area contributed by atoms with Crippen molar-refractivity contribution in [3.63, 3.8) is 0 Å². The number of hydrogen-bond donors (Lipinski definition) is 1. The Morgan fingerprint density at radius 3 is 2.21 bits per heavy atom. The van der Waals surface area contributed by atoms with Gasteiger partial charge in [0.1, 0.15) is 0 Å². The Balaban J connectivity index is 1.83. The minimum atomic E-state index is 0.442. The maximum absolute atomic E-state index is 3.54. The first kappa shape index (κ1) is 10.4. The molecule has 0 aromatic rings. The number of likely N-dealkylation sites (N-methyl/N-ethyl adjacent to an activating group) is 1. The summed E-state index contributed by atoms with van der Waals surface area (Å²) in [5.74, 6) is 0.799. The molecule has 0 spiro atoms. The molecule has 2 fully saturated rings. The van der Waals surface area contributed by atoms with E-state index in [-0.39, 0.29) is 0 Å². The van der Waals surface area contributed by atoms with Crippen molar-refractivity contribution in [2.24, 2.45) is 11.3 Å². The van der Waals surface area contributed by atoms with E-state index in [4.69, 9.17) is 0 Å². The summed E-state index contributed by atoms with van der Waals surface area (Å²) in [4.78, 5) is 2.37. The number of likely N-dealkylation sites (tertiary alicyclic amines) is 1. The lowest BCUT2D eigenvalue weighted by Gasteiger charge is -2.42. The van der Waals surface area contributed by atoms with Gasteiger partial charge in [-0.1, -0.05) is 20.8 Å². The molecule has 1 atom stereocenters. The van der Waals surface area contributed by atoms with Crippen LogP contribution >= 0.6 is 0 Å².